The number of aliphatic hydroxyl groups excluding tert-OH is 1. The molecule has 4 nitrogen and oxygen atoms in total. The van der Waals surface area contributed by atoms with E-state index in [-0.39, 0.29) is 5.91 Å². The van der Waals surface area contributed by atoms with Gasteiger partial charge in [-0.25, -0.2) is 0 Å². The maximum atomic E-state index is 10.8. The number of ether oxygens (including phenoxy) is 1. The Balaban J connectivity index is 2.63. The molecule has 0 aliphatic heterocycles. The Hall–Kier alpha value is -1.55. The third-order valence-corrected chi connectivity index (χ3v) is 2.09. The van der Waals surface area contributed by atoms with Crippen LogP contribution < -0.4 is 10.1 Å². The van der Waals surface area contributed by atoms with Crippen molar-refractivity contribution in [3.8, 4) is 5.75 Å². The second-order valence-electron chi connectivity index (χ2n) is 3.24. The molecule has 2 N–H and O–H groups in total. The minimum atomic E-state index is -0.477. The number of aryl methyl sites for hydroxylation is 1. The molecule has 1 aromatic carbocycles. The van der Waals surface area contributed by atoms with E-state index in [9.17, 15) is 4.79 Å². The molecule has 0 radical (unpaired) electrons. The number of amides is 1. The standard InChI is InChI=1S/C11H15NO3/c1-8-5-9(3-4-10(8)15-2)6-12-11(14)7-13/h3-5,13H,6-7H2,1-2H3,(H,12,14). The van der Waals surface area contributed by atoms with Gasteiger partial charge in [-0.15, -0.1) is 0 Å². The summed E-state index contributed by atoms with van der Waals surface area (Å²) in [4.78, 5) is 10.8. The number of aliphatic hydroxyl groups is 1. The molecule has 4 heteroatoms. The molecule has 0 aliphatic rings. The summed E-state index contributed by atoms with van der Waals surface area (Å²) in [7, 11) is 1.62. The van der Waals surface area contributed by atoms with E-state index in [2.05, 4.69) is 5.32 Å². The molecule has 0 bridgehead atoms. The molecule has 1 aromatic rings. The molecule has 0 heterocycles. The van der Waals surface area contributed by atoms with E-state index < -0.39 is 6.61 Å². The van der Waals surface area contributed by atoms with E-state index in [0.717, 1.165) is 16.9 Å². The second-order valence-corrected chi connectivity index (χ2v) is 3.24. The van der Waals surface area contributed by atoms with Crippen molar-refractivity contribution in [3.63, 3.8) is 0 Å². The Morgan fingerprint density at radius 2 is 2.27 bits per heavy atom. The number of rotatable bonds is 4. The first kappa shape index (κ1) is 11.5. The summed E-state index contributed by atoms with van der Waals surface area (Å²) in [5.74, 6) is 0.454. The Kier molecular flexibility index (Phi) is 4.12. The van der Waals surface area contributed by atoms with E-state index in [1.54, 1.807) is 7.11 Å². The maximum absolute atomic E-state index is 10.8. The van der Waals surface area contributed by atoms with Crippen LogP contribution in [-0.4, -0.2) is 24.7 Å². The van der Waals surface area contributed by atoms with Crippen molar-refractivity contribution in [1.82, 2.24) is 5.32 Å². The van der Waals surface area contributed by atoms with Crippen LogP contribution in [0.2, 0.25) is 0 Å². The minimum absolute atomic E-state index is 0.372. The van der Waals surface area contributed by atoms with Crippen LogP contribution in [-0.2, 0) is 11.3 Å². The van der Waals surface area contributed by atoms with Gasteiger partial charge in [0.15, 0.2) is 0 Å². The van der Waals surface area contributed by atoms with E-state index in [0.29, 0.717) is 6.54 Å². The van der Waals surface area contributed by atoms with Gasteiger partial charge < -0.3 is 15.2 Å². The fourth-order valence-corrected chi connectivity index (χ4v) is 1.31. The lowest BCUT2D eigenvalue weighted by molar-refractivity contribution is -0.123. The lowest BCUT2D eigenvalue weighted by atomic mass is 10.1. The summed E-state index contributed by atoms with van der Waals surface area (Å²) < 4.78 is 5.12. The third-order valence-electron chi connectivity index (χ3n) is 2.09. The highest BCUT2D eigenvalue weighted by molar-refractivity contribution is 5.76. The normalized spacial score (nSPS) is 9.80. The Morgan fingerprint density at radius 3 is 2.80 bits per heavy atom. The van der Waals surface area contributed by atoms with Crippen LogP contribution in [0.3, 0.4) is 0 Å². The lowest BCUT2D eigenvalue weighted by Crippen LogP contribution is -2.25. The molecule has 15 heavy (non-hydrogen) atoms. The first-order chi connectivity index (χ1) is 7.17. The summed E-state index contributed by atoms with van der Waals surface area (Å²) >= 11 is 0. The van der Waals surface area contributed by atoms with Crippen molar-refractivity contribution in [1.29, 1.82) is 0 Å². The third kappa shape index (κ3) is 3.25. The van der Waals surface area contributed by atoms with Gasteiger partial charge in [-0.05, 0) is 24.1 Å². The average molecular weight is 209 g/mol. The van der Waals surface area contributed by atoms with E-state index in [4.69, 9.17) is 9.84 Å². The first-order valence-electron chi connectivity index (χ1n) is 4.68. The van der Waals surface area contributed by atoms with Crippen LogP contribution in [0.25, 0.3) is 0 Å². The molecule has 1 rings (SSSR count). The number of carbonyl (C=O) groups excluding carboxylic acids is 1. The molecule has 1 amide bonds. The van der Waals surface area contributed by atoms with Crippen molar-refractivity contribution >= 4 is 5.91 Å². The number of hydrogen-bond acceptors (Lipinski definition) is 3. The van der Waals surface area contributed by atoms with E-state index in [1.165, 1.54) is 0 Å². The first-order valence-corrected chi connectivity index (χ1v) is 4.68. The smallest absolute Gasteiger partial charge is 0.245 e. The summed E-state index contributed by atoms with van der Waals surface area (Å²) in [5.41, 5.74) is 2.00. The Bertz CT molecular complexity index is 350. The van der Waals surface area contributed by atoms with Crippen LogP contribution in [0.1, 0.15) is 11.1 Å². The molecule has 0 spiro atoms. The zero-order chi connectivity index (χ0) is 11.3. The molecular weight excluding hydrogens is 194 g/mol. The molecule has 0 saturated carbocycles. The summed E-state index contributed by atoms with van der Waals surface area (Å²) in [6.07, 6.45) is 0. The van der Waals surface area contributed by atoms with Gasteiger partial charge in [-0.3, -0.25) is 4.79 Å². The minimum Gasteiger partial charge on any atom is -0.496 e. The average Bonchev–Trinajstić information content (AvgIpc) is 2.26. The van der Waals surface area contributed by atoms with Crippen molar-refractivity contribution in [2.45, 2.75) is 13.5 Å². The van der Waals surface area contributed by atoms with Gasteiger partial charge >= 0.3 is 0 Å². The summed E-state index contributed by atoms with van der Waals surface area (Å²) in [6.45, 7) is 1.88. The van der Waals surface area contributed by atoms with Crippen LogP contribution in [0, 0.1) is 6.92 Å². The molecule has 0 aliphatic carbocycles. The quantitative estimate of drug-likeness (QED) is 0.764. The molecule has 0 fully saturated rings. The number of benzene rings is 1. The van der Waals surface area contributed by atoms with Crippen molar-refractivity contribution in [2.24, 2.45) is 0 Å². The van der Waals surface area contributed by atoms with Gasteiger partial charge in [-0.2, -0.15) is 0 Å². The fourth-order valence-electron chi connectivity index (χ4n) is 1.31. The SMILES string of the molecule is COc1ccc(CNC(=O)CO)cc1C. The highest BCUT2D eigenvalue weighted by atomic mass is 16.5. The number of nitrogens with one attached hydrogen (secondary N) is 1. The van der Waals surface area contributed by atoms with E-state index in [1.807, 2.05) is 25.1 Å². The number of methoxy groups -OCH3 is 1. The van der Waals surface area contributed by atoms with Crippen LogP contribution in [0.4, 0.5) is 0 Å². The van der Waals surface area contributed by atoms with Gasteiger partial charge in [0.2, 0.25) is 5.91 Å². The van der Waals surface area contributed by atoms with Gasteiger partial charge in [0, 0.05) is 6.54 Å². The molecule has 0 unspecified atom stereocenters. The Labute approximate surface area is 88.9 Å². The maximum Gasteiger partial charge on any atom is 0.245 e. The number of carbonyl (C=O) groups is 1. The van der Waals surface area contributed by atoms with E-state index >= 15 is 0 Å². The van der Waals surface area contributed by atoms with Crippen LogP contribution in [0.5, 0.6) is 5.75 Å². The molecule has 82 valence electrons. The van der Waals surface area contributed by atoms with Crippen LogP contribution in [0.15, 0.2) is 18.2 Å². The highest BCUT2D eigenvalue weighted by Gasteiger charge is 2.01. The van der Waals surface area contributed by atoms with Crippen molar-refractivity contribution in [3.05, 3.63) is 29.3 Å². The van der Waals surface area contributed by atoms with Crippen LogP contribution >= 0.6 is 0 Å². The van der Waals surface area contributed by atoms with Crippen molar-refractivity contribution in [2.75, 3.05) is 13.7 Å². The number of hydrogen-bond donors (Lipinski definition) is 2. The summed E-state index contributed by atoms with van der Waals surface area (Å²) in [6, 6.07) is 5.68. The second kappa shape index (κ2) is 5.36. The molecular formula is C11H15NO3. The summed E-state index contributed by atoms with van der Waals surface area (Å²) in [5, 5.41) is 11.1. The molecule has 0 saturated heterocycles. The zero-order valence-electron chi connectivity index (χ0n) is 8.91. The highest BCUT2D eigenvalue weighted by Crippen LogP contribution is 2.18. The molecule has 0 aromatic heterocycles. The van der Waals surface area contributed by atoms with Gasteiger partial charge in [0.05, 0.1) is 7.11 Å². The van der Waals surface area contributed by atoms with Crippen molar-refractivity contribution < 1.29 is 14.6 Å². The van der Waals surface area contributed by atoms with Gasteiger partial charge in [-0.1, -0.05) is 12.1 Å². The largest absolute Gasteiger partial charge is 0.496 e. The predicted molar refractivity (Wildman–Crippen MR) is 56.7 cm³/mol. The Morgan fingerprint density at radius 1 is 1.53 bits per heavy atom. The topological polar surface area (TPSA) is 58.6 Å². The zero-order valence-corrected chi connectivity index (χ0v) is 8.91. The lowest BCUT2D eigenvalue weighted by Gasteiger charge is -2.07. The monoisotopic (exact) mass is 209 g/mol. The molecule has 0 atom stereocenters. The van der Waals surface area contributed by atoms with Gasteiger partial charge in [0.1, 0.15) is 12.4 Å². The van der Waals surface area contributed by atoms with Gasteiger partial charge in [0.25, 0.3) is 0 Å². The fraction of sp³-hybridized carbons (Fsp3) is 0.364. The predicted octanol–water partition coefficient (Wildman–Crippen LogP) is 0.612.